The first kappa shape index (κ1) is 19.3. The Bertz CT molecular complexity index is 1150. The van der Waals surface area contributed by atoms with Gasteiger partial charge in [0.05, 0.1) is 5.69 Å². The van der Waals surface area contributed by atoms with E-state index in [4.69, 9.17) is 4.74 Å². The summed E-state index contributed by atoms with van der Waals surface area (Å²) in [6.07, 6.45) is 5.16. The molecule has 4 aromatic rings. The lowest BCUT2D eigenvalue weighted by Crippen LogP contribution is -2.23. The first-order valence-electron chi connectivity index (χ1n) is 9.35. The standard InChI is InChI=1S/C24H18FN3O2/c25-20-8-10-21(11-9-20)30-22-7-1-4-17(14-22)24(29)28-16-19-6-3-13-27-23(19)18-5-2-12-26-15-18/h1-15H,16H2,(H,28,29). The molecule has 0 saturated heterocycles. The Labute approximate surface area is 173 Å². The fraction of sp³-hybridized carbons (Fsp3) is 0.0417. The number of hydrogen-bond acceptors (Lipinski definition) is 4. The maximum Gasteiger partial charge on any atom is 0.251 e. The number of hydrogen-bond donors (Lipinski definition) is 1. The zero-order chi connectivity index (χ0) is 20.8. The Balaban J connectivity index is 1.46. The fourth-order valence-electron chi connectivity index (χ4n) is 2.96. The van der Waals surface area contributed by atoms with Crippen molar-refractivity contribution in [2.75, 3.05) is 0 Å². The molecule has 2 aromatic heterocycles. The van der Waals surface area contributed by atoms with E-state index in [1.165, 1.54) is 24.3 Å². The highest BCUT2D eigenvalue weighted by Gasteiger charge is 2.10. The van der Waals surface area contributed by atoms with Crippen molar-refractivity contribution in [1.29, 1.82) is 0 Å². The van der Waals surface area contributed by atoms with Gasteiger partial charge in [0.2, 0.25) is 0 Å². The molecule has 0 bridgehead atoms. The number of carbonyl (C=O) groups is 1. The minimum absolute atomic E-state index is 0.236. The van der Waals surface area contributed by atoms with Crippen LogP contribution in [0.25, 0.3) is 11.3 Å². The smallest absolute Gasteiger partial charge is 0.251 e. The average Bonchev–Trinajstić information content (AvgIpc) is 2.80. The Morgan fingerprint density at radius 1 is 0.933 bits per heavy atom. The van der Waals surface area contributed by atoms with Crippen molar-refractivity contribution in [3.63, 3.8) is 0 Å². The molecule has 4 rings (SSSR count). The van der Waals surface area contributed by atoms with Gasteiger partial charge in [0.1, 0.15) is 17.3 Å². The molecule has 2 aromatic carbocycles. The molecular weight excluding hydrogens is 381 g/mol. The molecule has 1 N–H and O–H groups in total. The monoisotopic (exact) mass is 399 g/mol. The van der Waals surface area contributed by atoms with Crippen molar-refractivity contribution >= 4 is 5.91 Å². The maximum absolute atomic E-state index is 13.0. The third-order valence-corrected chi connectivity index (χ3v) is 4.41. The van der Waals surface area contributed by atoms with Gasteiger partial charge in [-0.05, 0) is 66.2 Å². The molecular formula is C24H18FN3O2. The Morgan fingerprint density at radius 2 is 1.77 bits per heavy atom. The molecule has 0 unspecified atom stereocenters. The molecule has 0 radical (unpaired) electrons. The normalized spacial score (nSPS) is 10.4. The Hall–Kier alpha value is -4.06. The van der Waals surface area contributed by atoms with Gasteiger partial charge in [-0.3, -0.25) is 14.8 Å². The largest absolute Gasteiger partial charge is 0.457 e. The molecule has 30 heavy (non-hydrogen) atoms. The number of amides is 1. The fourth-order valence-corrected chi connectivity index (χ4v) is 2.96. The minimum Gasteiger partial charge on any atom is -0.457 e. The van der Waals surface area contributed by atoms with E-state index < -0.39 is 0 Å². The van der Waals surface area contributed by atoms with Crippen LogP contribution in [0.4, 0.5) is 4.39 Å². The van der Waals surface area contributed by atoms with Crippen molar-refractivity contribution in [1.82, 2.24) is 15.3 Å². The van der Waals surface area contributed by atoms with Crippen LogP contribution in [0.5, 0.6) is 11.5 Å². The molecule has 0 aliphatic rings. The summed E-state index contributed by atoms with van der Waals surface area (Å²) in [6.45, 7) is 0.319. The maximum atomic E-state index is 13.0. The van der Waals surface area contributed by atoms with Gasteiger partial charge in [-0.1, -0.05) is 12.1 Å². The summed E-state index contributed by atoms with van der Waals surface area (Å²) >= 11 is 0. The lowest BCUT2D eigenvalue weighted by molar-refractivity contribution is 0.0950. The van der Waals surface area contributed by atoms with Gasteiger partial charge >= 0.3 is 0 Å². The second-order valence-electron chi connectivity index (χ2n) is 6.52. The molecule has 0 atom stereocenters. The van der Waals surface area contributed by atoms with E-state index in [2.05, 4.69) is 15.3 Å². The SMILES string of the molecule is O=C(NCc1cccnc1-c1cccnc1)c1cccc(Oc2ccc(F)cc2)c1. The van der Waals surface area contributed by atoms with Crippen LogP contribution >= 0.6 is 0 Å². The van der Waals surface area contributed by atoms with Gasteiger partial charge in [-0.25, -0.2) is 4.39 Å². The first-order valence-corrected chi connectivity index (χ1v) is 9.35. The van der Waals surface area contributed by atoms with Crippen LogP contribution in [0.1, 0.15) is 15.9 Å². The zero-order valence-corrected chi connectivity index (χ0v) is 16.0. The highest BCUT2D eigenvalue weighted by atomic mass is 19.1. The molecule has 1 amide bonds. The molecule has 0 spiro atoms. The van der Waals surface area contributed by atoms with Crippen LogP contribution in [-0.4, -0.2) is 15.9 Å². The topological polar surface area (TPSA) is 64.1 Å². The quantitative estimate of drug-likeness (QED) is 0.495. The van der Waals surface area contributed by atoms with E-state index in [9.17, 15) is 9.18 Å². The minimum atomic E-state index is -0.337. The predicted octanol–water partition coefficient (Wildman–Crippen LogP) is 5.01. The number of halogens is 1. The van der Waals surface area contributed by atoms with E-state index in [1.807, 2.05) is 24.3 Å². The summed E-state index contributed by atoms with van der Waals surface area (Å²) in [5.41, 5.74) is 3.01. The number of carbonyl (C=O) groups excluding carboxylic acids is 1. The van der Waals surface area contributed by atoms with Crippen LogP contribution in [0.15, 0.2) is 91.4 Å². The molecule has 6 heteroatoms. The number of pyridine rings is 2. The first-order chi connectivity index (χ1) is 14.7. The summed E-state index contributed by atoms with van der Waals surface area (Å²) in [6, 6.07) is 20.1. The third-order valence-electron chi connectivity index (χ3n) is 4.41. The van der Waals surface area contributed by atoms with Crippen molar-refractivity contribution in [2.45, 2.75) is 6.54 Å². The second kappa shape index (κ2) is 8.96. The van der Waals surface area contributed by atoms with Crippen LogP contribution in [0.3, 0.4) is 0 Å². The number of rotatable bonds is 6. The second-order valence-corrected chi connectivity index (χ2v) is 6.52. The Kier molecular flexibility index (Phi) is 5.75. The van der Waals surface area contributed by atoms with Gasteiger partial charge in [-0.15, -0.1) is 0 Å². The molecule has 0 aliphatic carbocycles. The molecule has 5 nitrogen and oxygen atoms in total. The number of aromatic nitrogens is 2. The highest BCUT2D eigenvalue weighted by molar-refractivity contribution is 5.94. The molecule has 0 saturated carbocycles. The van der Waals surface area contributed by atoms with Gasteiger partial charge in [0.25, 0.3) is 5.91 Å². The lowest BCUT2D eigenvalue weighted by atomic mass is 10.1. The third kappa shape index (κ3) is 4.67. The summed E-state index contributed by atoms with van der Waals surface area (Å²) in [4.78, 5) is 21.2. The van der Waals surface area contributed by atoms with E-state index >= 15 is 0 Å². The number of nitrogens with zero attached hydrogens (tertiary/aromatic N) is 2. The predicted molar refractivity (Wildman–Crippen MR) is 112 cm³/mol. The highest BCUT2D eigenvalue weighted by Crippen LogP contribution is 2.23. The number of nitrogens with one attached hydrogen (secondary N) is 1. The van der Waals surface area contributed by atoms with Crippen LogP contribution < -0.4 is 10.1 Å². The zero-order valence-electron chi connectivity index (χ0n) is 16.0. The summed E-state index contributed by atoms with van der Waals surface area (Å²) in [7, 11) is 0. The van der Waals surface area contributed by atoms with Gasteiger partial charge in [0.15, 0.2) is 0 Å². The summed E-state index contributed by atoms with van der Waals surface area (Å²) < 4.78 is 18.7. The van der Waals surface area contributed by atoms with E-state index in [1.54, 1.807) is 42.9 Å². The van der Waals surface area contributed by atoms with E-state index in [-0.39, 0.29) is 11.7 Å². The average molecular weight is 399 g/mol. The molecule has 0 aliphatic heterocycles. The van der Waals surface area contributed by atoms with Crippen molar-refractivity contribution in [2.24, 2.45) is 0 Å². The van der Waals surface area contributed by atoms with E-state index in [0.717, 1.165) is 16.8 Å². The molecule has 148 valence electrons. The van der Waals surface area contributed by atoms with Crippen LogP contribution in [0.2, 0.25) is 0 Å². The Morgan fingerprint density at radius 3 is 2.57 bits per heavy atom. The molecule has 2 heterocycles. The van der Waals surface area contributed by atoms with E-state index in [0.29, 0.717) is 23.6 Å². The number of ether oxygens (including phenoxy) is 1. The summed E-state index contributed by atoms with van der Waals surface area (Å²) in [5, 5.41) is 2.92. The lowest BCUT2D eigenvalue weighted by Gasteiger charge is -2.11. The van der Waals surface area contributed by atoms with Crippen molar-refractivity contribution in [3.05, 3.63) is 108 Å². The number of benzene rings is 2. The van der Waals surface area contributed by atoms with Gasteiger partial charge in [0, 0.05) is 36.3 Å². The molecule has 0 fully saturated rings. The van der Waals surface area contributed by atoms with Crippen molar-refractivity contribution < 1.29 is 13.9 Å². The van der Waals surface area contributed by atoms with Crippen LogP contribution in [-0.2, 0) is 6.54 Å². The van der Waals surface area contributed by atoms with Crippen molar-refractivity contribution in [3.8, 4) is 22.8 Å². The van der Waals surface area contributed by atoms with Crippen LogP contribution in [0, 0.1) is 5.82 Å². The van der Waals surface area contributed by atoms with Gasteiger partial charge in [-0.2, -0.15) is 0 Å². The summed E-state index contributed by atoms with van der Waals surface area (Å²) in [5.74, 6) is 0.411. The van der Waals surface area contributed by atoms with Gasteiger partial charge < -0.3 is 10.1 Å².